The summed E-state index contributed by atoms with van der Waals surface area (Å²) in [6.07, 6.45) is 20.3. The monoisotopic (exact) mass is 497 g/mol. The van der Waals surface area contributed by atoms with Crippen LogP contribution in [0.15, 0.2) is 0 Å². The fourth-order valence-electron chi connectivity index (χ4n) is 4.14. The van der Waals surface area contributed by atoms with Gasteiger partial charge in [0.15, 0.2) is 0 Å². The molecule has 0 N–H and O–H groups in total. The Morgan fingerprint density at radius 2 is 1.28 bits per heavy atom. The van der Waals surface area contributed by atoms with Crippen molar-refractivity contribution in [1.82, 2.24) is 0 Å². The minimum absolute atomic E-state index is 0. The highest BCUT2D eigenvalue weighted by Crippen LogP contribution is 2.46. The van der Waals surface area contributed by atoms with E-state index in [2.05, 4.69) is 21.0 Å². The van der Waals surface area contributed by atoms with E-state index in [1.807, 2.05) is 0 Å². The SMILES string of the molecule is CCCCCCCCCCCCCCCCC1C[N+](C)(C)CCOP(C)(=O)O1.[Br-]. The van der Waals surface area contributed by atoms with Crippen LogP contribution in [-0.2, 0) is 13.6 Å². The number of quaternary nitrogens is 1. The van der Waals surface area contributed by atoms with Crippen molar-refractivity contribution < 1.29 is 35.1 Å². The summed E-state index contributed by atoms with van der Waals surface area (Å²) >= 11 is 0. The molecule has 0 saturated carbocycles. The fourth-order valence-corrected chi connectivity index (χ4v) is 5.33. The molecular weight excluding hydrogens is 449 g/mol. The summed E-state index contributed by atoms with van der Waals surface area (Å²) in [5.74, 6) is 0. The van der Waals surface area contributed by atoms with Crippen LogP contribution in [0.3, 0.4) is 0 Å². The molecule has 4 nitrogen and oxygen atoms in total. The van der Waals surface area contributed by atoms with E-state index in [1.165, 1.54) is 89.9 Å². The second-order valence-corrected chi connectivity index (χ2v) is 11.6. The summed E-state index contributed by atoms with van der Waals surface area (Å²) in [4.78, 5) is 0. The smallest absolute Gasteiger partial charge is 0.328 e. The molecule has 2 unspecified atom stereocenters. The van der Waals surface area contributed by atoms with Gasteiger partial charge in [-0.15, -0.1) is 0 Å². The number of rotatable bonds is 15. The van der Waals surface area contributed by atoms with Crippen LogP contribution in [0.4, 0.5) is 0 Å². The molecule has 0 aromatic rings. The number of hydrogen-bond acceptors (Lipinski definition) is 3. The highest BCUT2D eigenvalue weighted by atomic mass is 79.9. The molecule has 176 valence electrons. The molecule has 1 aliphatic heterocycles. The Morgan fingerprint density at radius 3 is 1.76 bits per heavy atom. The zero-order valence-corrected chi connectivity index (χ0v) is 22.3. The van der Waals surface area contributed by atoms with Gasteiger partial charge in [-0.2, -0.15) is 0 Å². The second kappa shape index (κ2) is 17.2. The Morgan fingerprint density at radius 1 is 0.828 bits per heavy atom. The van der Waals surface area contributed by atoms with Crippen molar-refractivity contribution in [2.45, 2.75) is 109 Å². The van der Waals surface area contributed by atoms with Crippen LogP contribution in [0.25, 0.3) is 0 Å². The summed E-state index contributed by atoms with van der Waals surface area (Å²) in [5.41, 5.74) is 0. The predicted octanol–water partition coefficient (Wildman–Crippen LogP) is 4.18. The quantitative estimate of drug-likeness (QED) is 0.193. The summed E-state index contributed by atoms with van der Waals surface area (Å²) in [6.45, 7) is 6.25. The van der Waals surface area contributed by atoms with Gasteiger partial charge >= 0.3 is 7.60 Å². The Balaban J connectivity index is 0.00000784. The lowest BCUT2D eigenvalue weighted by Gasteiger charge is -2.36. The first-order chi connectivity index (χ1) is 13.3. The van der Waals surface area contributed by atoms with E-state index in [-0.39, 0.29) is 23.1 Å². The Bertz CT molecular complexity index is 434. The zero-order valence-electron chi connectivity index (χ0n) is 19.8. The predicted molar refractivity (Wildman–Crippen MR) is 121 cm³/mol. The third kappa shape index (κ3) is 16.9. The van der Waals surface area contributed by atoms with E-state index in [0.717, 1.165) is 24.0 Å². The molecule has 1 rings (SSSR count). The van der Waals surface area contributed by atoms with E-state index in [4.69, 9.17) is 9.05 Å². The molecule has 0 radical (unpaired) electrons. The van der Waals surface area contributed by atoms with E-state index in [0.29, 0.717) is 6.61 Å². The molecule has 1 aliphatic rings. The van der Waals surface area contributed by atoms with E-state index < -0.39 is 7.60 Å². The zero-order chi connectivity index (χ0) is 20.7. The average molecular weight is 499 g/mol. The lowest BCUT2D eigenvalue weighted by atomic mass is 10.0. The Hall–Kier alpha value is 0.590. The van der Waals surface area contributed by atoms with Crippen molar-refractivity contribution in [1.29, 1.82) is 0 Å². The summed E-state index contributed by atoms with van der Waals surface area (Å²) in [5, 5.41) is 0. The van der Waals surface area contributed by atoms with Crippen molar-refractivity contribution in [3.63, 3.8) is 0 Å². The minimum Gasteiger partial charge on any atom is -1.00 e. The van der Waals surface area contributed by atoms with Gasteiger partial charge in [-0.25, -0.2) is 0 Å². The van der Waals surface area contributed by atoms with Gasteiger partial charge in [-0.05, 0) is 6.42 Å². The second-order valence-electron chi connectivity index (χ2n) is 9.56. The molecule has 1 heterocycles. The van der Waals surface area contributed by atoms with Crippen LogP contribution in [0.1, 0.15) is 103 Å². The molecular formula is C23H49BrNO3P. The van der Waals surface area contributed by atoms with Gasteiger partial charge in [0.1, 0.15) is 25.8 Å². The average Bonchev–Trinajstić information content (AvgIpc) is 2.59. The first-order valence-electron chi connectivity index (χ1n) is 12.1. The number of likely N-dealkylation sites (N-methyl/N-ethyl adjacent to an activating group) is 1. The molecule has 0 aromatic carbocycles. The van der Waals surface area contributed by atoms with Gasteiger partial charge in [-0.1, -0.05) is 96.8 Å². The van der Waals surface area contributed by atoms with Gasteiger partial charge in [0.2, 0.25) is 0 Å². The van der Waals surface area contributed by atoms with Gasteiger partial charge in [0.05, 0.1) is 14.1 Å². The van der Waals surface area contributed by atoms with Crippen LogP contribution in [0, 0.1) is 0 Å². The summed E-state index contributed by atoms with van der Waals surface area (Å²) in [7, 11) is 1.54. The number of hydrogen-bond donors (Lipinski definition) is 0. The van der Waals surface area contributed by atoms with Crippen molar-refractivity contribution in [2.24, 2.45) is 0 Å². The molecule has 0 bridgehead atoms. The molecule has 29 heavy (non-hydrogen) atoms. The number of nitrogens with zero attached hydrogens (tertiary/aromatic N) is 1. The van der Waals surface area contributed by atoms with E-state index in [1.54, 1.807) is 6.66 Å². The minimum atomic E-state index is -2.87. The first-order valence-corrected chi connectivity index (χ1v) is 14.1. The fraction of sp³-hybridized carbons (Fsp3) is 1.00. The lowest BCUT2D eigenvalue weighted by Crippen LogP contribution is -3.00. The molecule has 0 aromatic heterocycles. The van der Waals surface area contributed by atoms with Crippen LogP contribution in [0.5, 0.6) is 0 Å². The molecule has 0 spiro atoms. The van der Waals surface area contributed by atoms with Gasteiger partial charge < -0.3 is 26.0 Å². The number of halogens is 1. The standard InChI is InChI=1S/C23H49NO3P.BrH/c1-5-6-7-8-9-10-11-12-13-14-15-16-17-18-19-23-22-24(2,3)20-21-26-28(4,25)27-23;/h23H,5-22H2,1-4H3;1H/q+1;/p-1. The van der Waals surface area contributed by atoms with Crippen LogP contribution in [-0.4, -0.2) is 51.0 Å². The highest BCUT2D eigenvalue weighted by Gasteiger charge is 2.32. The normalized spacial score (nSPS) is 24.5. The molecule has 0 amide bonds. The van der Waals surface area contributed by atoms with Crippen molar-refractivity contribution in [3.05, 3.63) is 0 Å². The molecule has 2 atom stereocenters. The van der Waals surface area contributed by atoms with Gasteiger partial charge in [-0.3, -0.25) is 9.09 Å². The third-order valence-corrected chi connectivity index (χ3v) is 7.27. The molecule has 0 aliphatic carbocycles. The molecule has 1 saturated heterocycles. The Kier molecular flexibility index (Phi) is 17.5. The number of unbranched alkanes of at least 4 members (excludes halogenated alkanes) is 13. The first kappa shape index (κ1) is 29.6. The Labute approximate surface area is 192 Å². The van der Waals surface area contributed by atoms with Gasteiger partial charge in [0, 0.05) is 6.66 Å². The third-order valence-electron chi connectivity index (χ3n) is 5.94. The van der Waals surface area contributed by atoms with Crippen LogP contribution < -0.4 is 17.0 Å². The summed E-state index contributed by atoms with van der Waals surface area (Å²) in [6, 6.07) is 0. The largest absolute Gasteiger partial charge is 1.00 e. The van der Waals surface area contributed by atoms with Gasteiger partial charge in [0.25, 0.3) is 0 Å². The lowest BCUT2D eigenvalue weighted by molar-refractivity contribution is -0.893. The maximum atomic E-state index is 12.3. The van der Waals surface area contributed by atoms with E-state index in [9.17, 15) is 4.57 Å². The molecule has 6 heteroatoms. The van der Waals surface area contributed by atoms with E-state index >= 15 is 0 Å². The molecule has 1 fully saturated rings. The van der Waals surface area contributed by atoms with Crippen molar-refractivity contribution in [3.8, 4) is 0 Å². The summed E-state index contributed by atoms with van der Waals surface area (Å²) < 4.78 is 24.5. The van der Waals surface area contributed by atoms with Crippen molar-refractivity contribution in [2.75, 3.05) is 40.5 Å². The maximum absolute atomic E-state index is 12.3. The highest BCUT2D eigenvalue weighted by molar-refractivity contribution is 7.53. The maximum Gasteiger partial charge on any atom is 0.328 e. The van der Waals surface area contributed by atoms with Crippen LogP contribution in [0.2, 0.25) is 0 Å². The topological polar surface area (TPSA) is 35.5 Å². The van der Waals surface area contributed by atoms with Crippen molar-refractivity contribution >= 4 is 7.60 Å². The van der Waals surface area contributed by atoms with Crippen LogP contribution >= 0.6 is 7.60 Å².